The summed E-state index contributed by atoms with van der Waals surface area (Å²) in [5.41, 5.74) is 2.97. The lowest BCUT2D eigenvalue weighted by Gasteiger charge is -1.84. The van der Waals surface area contributed by atoms with E-state index in [-0.39, 0.29) is 0 Å². The Hall–Kier alpha value is -0.120. The summed E-state index contributed by atoms with van der Waals surface area (Å²) in [7, 11) is 2.84. The van der Waals surface area contributed by atoms with Crippen LogP contribution >= 0.6 is 0 Å². The zero-order chi connectivity index (χ0) is 4.12. The van der Waals surface area contributed by atoms with Gasteiger partial charge in [0.1, 0.15) is 0 Å². The van der Waals surface area contributed by atoms with Gasteiger partial charge in [-0.2, -0.15) is 0 Å². The molecule has 0 heterocycles. The summed E-state index contributed by atoms with van der Waals surface area (Å²) in [6, 6.07) is 0. The summed E-state index contributed by atoms with van der Waals surface area (Å²) in [6.07, 6.45) is 0. The monoisotopic (exact) mass is 76.0 g/mol. The van der Waals surface area contributed by atoms with E-state index >= 15 is 0 Å². The summed E-state index contributed by atoms with van der Waals surface area (Å²) in [6.45, 7) is 0. The minimum atomic E-state index is 1.42. The van der Waals surface area contributed by atoms with E-state index < -0.39 is 0 Å². The Kier molecular flexibility index (Phi) is 3.79. The van der Waals surface area contributed by atoms with Gasteiger partial charge in [0.2, 0.25) is 0 Å². The van der Waals surface area contributed by atoms with E-state index in [9.17, 15) is 0 Å². The molecule has 0 bridgehead atoms. The first-order valence-electron chi connectivity index (χ1n) is 1.18. The van der Waals surface area contributed by atoms with Crippen molar-refractivity contribution in [1.82, 2.24) is 5.64 Å². The molecule has 0 aliphatic heterocycles. The Bertz CT molecular complexity index is 15.1. The molecule has 1 radical (unpaired) electrons. The van der Waals surface area contributed by atoms with Crippen LogP contribution in [0.15, 0.2) is 0 Å². The van der Waals surface area contributed by atoms with Crippen LogP contribution in [0, 0.1) is 0 Å². The molecule has 0 fully saturated rings. The molecule has 0 rings (SSSR count). The van der Waals surface area contributed by atoms with Gasteiger partial charge >= 0.3 is 0 Å². The highest BCUT2D eigenvalue weighted by Crippen LogP contribution is 1.52. The van der Waals surface area contributed by atoms with E-state index in [4.69, 9.17) is 0 Å². The third-order valence-electron chi connectivity index (χ3n) is 0.149. The highest BCUT2D eigenvalue weighted by atomic mass is 16.9. The van der Waals surface area contributed by atoms with Crippen molar-refractivity contribution in [2.24, 2.45) is 0 Å². The number of nitrogens with zero attached hydrogens (tertiary/aromatic N) is 1. The first kappa shape index (κ1) is 4.88. The van der Waals surface area contributed by atoms with Gasteiger partial charge in [-0.05, 0) is 0 Å². The van der Waals surface area contributed by atoms with Crippen molar-refractivity contribution < 1.29 is 9.68 Å². The third kappa shape index (κ3) is 3.88. The summed E-state index contributed by atoms with van der Waals surface area (Å²) in [5.74, 6) is 0. The van der Waals surface area contributed by atoms with E-state index in [0.717, 1.165) is 0 Å². The van der Waals surface area contributed by atoms with Crippen LogP contribution < -0.4 is 5.64 Å². The maximum atomic E-state index is 4.09. The molecule has 0 unspecified atom stereocenters. The number of hydrogen-bond donors (Lipinski definition) is 0. The predicted molar refractivity (Wildman–Crippen MR) is 16.2 cm³/mol. The highest BCUT2D eigenvalue weighted by molar-refractivity contribution is 3.61. The van der Waals surface area contributed by atoms with E-state index in [1.165, 1.54) is 14.2 Å². The molecule has 0 N–H and O–H groups in total. The zero-order valence-electron chi connectivity index (χ0n) is 3.26. The van der Waals surface area contributed by atoms with Gasteiger partial charge in [0, 0.05) is 0 Å². The maximum Gasteiger partial charge on any atom is 0.0645 e. The molecule has 0 aromatic heterocycles. The number of hydrogen-bond acceptors (Lipinski definition) is 2. The normalized spacial score (nSPS) is 8.40. The van der Waals surface area contributed by atoms with Crippen LogP contribution in [-0.2, 0) is 9.68 Å². The average molecular weight is 76.1 g/mol. The Labute approximate surface area is 30.8 Å². The SMILES string of the molecule is CO[N]OC. The Morgan fingerprint density at radius 3 is 1.60 bits per heavy atom. The maximum absolute atomic E-state index is 4.09. The van der Waals surface area contributed by atoms with Gasteiger partial charge < -0.3 is 0 Å². The topological polar surface area (TPSA) is 32.6 Å². The molecule has 0 saturated carbocycles. The van der Waals surface area contributed by atoms with Crippen molar-refractivity contribution in [1.29, 1.82) is 0 Å². The molecule has 0 aliphatic carbocycles. The van der Waals surface area contributed by atoms with Crippen molar-refractivity contribution in [2.75, 3.05) is 14.2 Å². The Morgan fingerprint density at radius 2 is 1.60 bits per heavy atom. The van der Waals surface area contributed by atoms with Crippen LogP contribution in [0.2, 0.25) is 0 Å². The van der Waals surface area contributed by atoms with Gasteiger partial charge in [0.25, 0.3) is 0 Å². The molecule has 0 spiro atoms. The van der Waals surface area contributed by atoms with Crippen molar-refractivity contribution in [3.63, 3.8) is 0 Å². The van der Waals surface area contributed by atoms with E-state index in [1.807, 2.05) is 0 Å². The van der Waals surface area contributed by atoms with Gasteiger partial charge in [0.05, 0.1) is 19.9 Å². The lowest BCUT2D eigenvalue weighted by atomic mass is 11.7. The first-order valence-corrected chi connectivity index (χ1v) is 1.18. The van der Waals surface area contributed by atoms with Crippen LogP contribution in [0.25, 0.3) is 0 Å². The molecule has 31 valence electrons. The quantitative estimate of drug-likeness (QED) is 0.423. The molecule has 0 saturated heterocycles. The minimum absolute atomic E-state index is 1.42. The molecule has 3 heteroatoms. The first-order chi connectivity index (χ1) is 2.41. The molecule has 3 nitrogen and oxygen atoms in total. The van der Waals surface area contributed by atoms with Gasteiger partial charge in [-0.15, -0.1) is 0 Å². The molecular formula is C2H6NO2. The Morgan fingerprint density at radius 1 is 1.20 bits per heavy atom. The fourth-order valence-electron chi connectivity index (χ4n) is 0.0745. The smallest absolute Gasteiger partial charge is 0.0645 e. The van der Waals surface area contributed by atoms with Crippen LogP contribution in [0.5, 0.6) is 0 Å². The molecule has 0 aliphatic rings. The summed E-state index contributed by atoms with van der Waals surface area (Å²) < 4.78 is 0. The van der Waals surface area contributed by atoms with E-state index in [1.54, 1.807) is 0 Å². The molecular weight excluding hydrogens is 70.0 g/mol. The number of rotatable bonds is 2. The van der Waals surface area contributed by atoms with Crippen LogP contribution in [0.1, 0.15) is 0 Å². The molecule has 0 atom stereocenters. The lowest BCUT2D eigenvalue weighted by molar-refractivity contribution is -0.139. The standard InChI is InChI=1S/C2H6NO2/c1-4-3-5-2/h1-2H3. The van der Waals surface area contributed by atoms with Gasteiger partial charge in [-0.3, -0.25) is 9.68 Å². The third-order valence-corrected chi connectivity index (χ3v) is 0.149. The minimum Gasteiger partial charge on any atom is -0.260 e. The van der Waals surface area contributed by atoms with Gasteiger partial charge in [0.15, 0.2) is 0 Å². The average Bonchev–Trinajstić information content (AvgIpc) is 1.41. The van der Waals surface area contributed by atoms with Crippen LogP contribution in [0.4, 0.5) is 0 Å². The van der Waals surface area contributed by atoms with Crippen LogP contribution in [0.3, 0.4) is 0 Å². The zero-order valence-corrected chi connectivity index (χ0v) is 3.26. The van der Waals surface area contributed by atoms with E-state index in [2.05, 4.69) is 15.3 Å². The van der Waals surface area contributed by atoms with Crippen molar-refractivity contribution in [3.05, 3.63) is 0 Å². The summed E-state index contributed by atoms with van der Waals surface area (Å²) in [5, 5.41) is 0. The predicted octanol–water partition coefficient (Wildman–Crippen LogP) is -0.286. The fraction of sp³-hybridized carbons (Fsp3) is 1.00. The van der Waals surface area contributed by atoms with E-state index in [0.29, 0.717) is 0 Å². The second-order valence-corrected chi connectivity index (χ2v) is 0.440. The molecule has 0 amide bonds. The van der Waals surface area contributed by atoms with Crippen molar-refractivity contribution >= 4 is 0 Å². The highest BCUT2D eigenvalue weighted by Gasteiger charge is 1.64. The van der Waals surface area contributed by atoms with Gasteiger partial charge in [-0.1, -0.05) is 0 Å². The fourth-order valence-corrected chi connectivity index (χ4v) is 0.0745. The molecule has 0 aromatic rings. The van der Waals surface area contributed by atoms with Crippen molar-refractivity contribution in [3.8, 4) is 0 Å². The lowest BCUT2D eigenvalue weighted by Crippen LogP contribution is -1.97. The van der Waals surface area contributed by atoms with Crippen LogP contribution in [-0.4, -0.2) is 14.2 Å². The summed E-state index contributed by atoms with van der Waals surface area (Å²) >= 11 is 0. The van der Waals surface area contributed by atoms with Gasteiger partial charge in [-0.25, -0.2) is 0 Å². The van der Waals surface area contributed by atoms with Crippen molar-refractivity contribution in [2.45, 2.75) is 0 Å². The molecule has 0 aromatic carbocycles. The molecule has 5 heavy (non-hydrogen) atoms. The largest absolute Gasteiger partial charge is 0.260 e. The summed E-state index contributed by atoms with van der Waals surface area (Å²) in [4.78, 5) is 8.19. The second-order valence-electron chi connectivity index (χ2n) is 0.440. The Balaban J connectivity index is 2.19. The second kappa shape index (κ2) is 3.88.